The SMILES string of the molecule is COCC1CCN(CC(C)CNCC(C)C)CC1. The molecule has 0 aromatic rings. The molecule has 1 saturated heterocycles. The van der Waals surface area contributed by atoms with Crippen LogP contribution in [0.4, 0.5) is 0 Å². The molecule has 18 heavy (non-hydrogen) atoms. The molecule has 0 radical (unpaired) electrons. The van der Waals surface area contributed by atoms with E-state index in [4.69, 9.17) is 4.74 Å². The second-order valence-electron chi connectivity index (χ2n) is 6.36. The maximum atomic E-state index is 5.24. The Morgan fingerprint density at radius 2 is 1.83 bits per heavy atom. The molecular formula is C15H32N2O. The van der Waals surface area contributed by atoms with Crippen LogP contribution >= 0.6 is 0 Å². The standard InChI is InChI=1S/C15H32N2O/c1-13(2)9-16-10-14(3)11-17-7-5-15(6-8-17)12-18-4/h13-16H,5-12H2,1-4H3. The summed E-state index contributed by atoms with van der Waals surface area (Å²) in [4.78, 5) is 2.62. The first-order valence-corrected chi connectivity index (χ1v) is 7.53. The Bertz CT molecular complexity index is 201. The first kappa shape index (κ1) is 15.9. The Hall–Kier alpha value is -0.120. The Morgan fingerprint density at radius 1 is 1.17 bits per heavy atom. The summed E-state index contributed by atoms with van der Waals surface area (Å²) in [5.41, 5.74) is 0. The van der Waals surface area contributed by atoms with Crippen molar-refractivity contribution in [2.75, 3.05) is 46.4 Å². The van der Waals surface area contributed by atoms with Crippen molar-refractivity contribution < 1.29 is 4.74 Å². The largest absolute Gasteiger partial charge is 0.384 e. The Morgan fingerprint density at radius 3 is 2.39 bits per heavy atom. The van der Waals surface area contributed by atoms with Gasteiger partial charge < -0.3 is 15.0 Å². The van der Waals surface area contributed by atoms with Crippen molar-refractivity contribution in [2.45, 2.75) is 33.6 Å². The van der Waals surface area contributed by atoms with E-state index in [0.29, 0.717) is 0 Å². The molecule has 0 bridgehead atoms. The molecule has 0 amide bonds. The van der Waals surface area contributed by atoms with Crippen LogP contribution in [-0.4, -0.2) is 51.3 Å². The van der Waals surface area contributed by atoms with Crippen molar-refractivity contribution >= 4 is 0 Å². The summed E-state index contributed by atoms with van der Waals surface area (Å²) in [6.07, 6.45) is 2.61. The zero-order chi connectivity index (χ0) is 13.4. The fourth-order valence-corrected chi connectivity index (χ4v) is 2.70. The highest BCUT2D eigenvalue weighted by Crippen LogP contribution is 2.18. The van der Waals surface area contributed by atoms with Gasteiger partial charge in [-0.15, -0.1) is 0 Å². The van der Waals surface area contributed by atoms with Crippen LogP contribution in [-0.2, 0) is 4.74 Å². The van der Waals surface area contributed by atoms with Gasteiger partial charge in [0.25, 0.3) is 0 Å². The van der Waals surface area contributed by atoms with Gasteiger partial charge in [0.2, 0.25) is 0 Å². The first-order valence-electron chi connectivity index (χ1n) is 7.53. The monoisotopic (exact) mass is 256 g/mol. The van der Waals surface area contributed by atoms with Crippen LogP contribution in [0.15, 0.2) is 0 Å². The van der Waals surface area contributed by atoms with Gasteiger partial charge in [0.1, 0.15) is 0 Å². The smallest absolute Gasteiger partial charge is 0.0491 e. The van der Waals surface area contributed by atoms with Gasteiger partial charge in [0, 0.05) is 20.3 Å². The lowest BCUT2D eigenvalue weighted by atomic mass is 9.97. The molecule has 1 unspecified atom stereocenters. The maximum absolute atomic E-state index is 5.24. The van der Waals surface area contributed by atoms with E-state index in [1.165, 1.54) is 32.5 Å². The highest BCUT2D eigenvalue weighted by Gasteiger charge is 2.20. The normalized spacial score (nSPS) is 20.5. The highest BCUT2D eigenvalue weighted by molar-refractivity contribution is 4.74. The summed E-state index contributed by atoms with van der Waals surface area (Å²) in [5, 5.41) is 3.56. The quantitative estimate of drug-likeness (QED) is 0.721. The van der Waals surface area contributed by atoms with E-state index in [2.05, 4.69) is 31.0 Å². The molecule has 1 aliphatic heterocycles. The van der Waals surface area contributed by atoms with Gasteiger partial charge in [-0.25, -0.2) is 0 Å². The zero-order valence-corrected chi connectivity index (χ0v) is 12.7. The third-order valence-electron chi connectivity index (χ3n) is 3.72. The predicted octanol–water partition coefficient (Wildman–Crippen LogP) is 2.23. The van der Waals surface area contributed by atoms with Gasteiger partial charge in [0.05, 0.1) is 0 Å². The van der Waals surface area contributed by atoms with Crippen molar-refractivity contribution in [3.05, 3.63) is 0 Å². The summed E-state index contributed by atoms with van der Waals surface area (Å²) in [6.45, 7) is 13.9. The zero-order valence-electron chi connectivity index (χ0n) is 12.7. The number of piperidine rings is 1. The van der Waals surface area contributed by atoms with Crippen molar-refractivity contribution in [1.29, 1.82) is 0 Å². The van der Waals surface area contributed by atoms with Crippen molar-refractivity contribution in [1.82, 2.24) is 10.2 Å². The highest BCUT2D eigenvalue weighted by atomic mass is 16.5. The number of hydrogen-bond acceptors (Lipinski definition) is 3. The molecular weight excluding hydrogens is 224 g/mol. The number of methoxy groups -OCH3 is 1. The molecule has 1 N–H and O–H groups in total. The number of ether oxygens (including phenoxy) is 1. The molecule has 108 valence electrons. The molecule has 3 nitrogen and oxygen atoms in total. The van der Waals surface area contributed by atoms with Crippen LogP contribution in [0.5, 0.6) is 0 Å². The number of nitrogens with one attached hydrogen (secondary N) is 1. The van der Waals surface area contributed by atoms with E-state index in [1.54, 1.807) is 0 Å². The number of rotatable bonds is 8. The summed E-state index contributed by atoms with van der Waals surface area (Å²) >= 11 is 0. The molecule has 0 aliphatic carbocycles. The Kier molecular flexibility index (Phi) is 7.87. The van der Waals surface area contributed by atoms with Crippen molar-refractivity contribution in [3.8, 4) is 0 Å². The molecule has 1 rings (SSSR count). The van der Waals surface area contributed by atoms with E-state index in [0.717, 1.165) is 37.5 Å². The molecule has 1 fully saturated rings. The Labute approximate surface area is 113 Å². The van der Waals surface area contributed by atoms with Gasteiger partial charge in [-0.1, -0.05) is 20.8 Å². The first-order chi connectivity index (χ1) is 8.61. The fourth-order valence-electron chi connectivity index (χ4n) is 2.70. The van der Waals surface area contributed by atoms with Crippen LogP contribution in [0, 0.1) is 17.8 Å². The summed E-state index contributed by atoms with van der Waals surface area (Å²) < 4.78 is 5.24. The van der Waals surface area contributed by atoms with E-state index in [9.17, 15) is 0 Å². The van der Waals surface area contributed by atoms with Crippen LogP contribution < -0.4 is 5.32 Å². The second kappa shape index (κ2) is 8.89. The van der Waals surface area contributed by atoms with Gasteiger partial charge in [-0.3, -0.25) is 0 Å². The molecule has 1 atom stereocenters. The molecule has 0 aromatic heterocycles. The van der Waals surface area contributed by atoms with Gasteiger partial charge in [0.15, 0.2) is 0 Å². The third-order valence-corrected chi connectivity index (χ3v) is 3.72. The maximum Gasteiger partial charge on any atom is 0.0491 e. The topological polar surface area (TPSA) is 24.5 Å². The molecule has 1 aliphatic rings. The second-order valence-corrected chi connectivity index (χ2v) is 6.36. The van der Waals surface area contributed by atoms with Gasteiger partial charge in [-0.05, 0) is 56.8 Å². The van der Waals surface area contributed by atoms with E-state index >= 15 is 0 Å². The minimum absolute atomic E-state index is 0.752. The lowest BCUT2D eigenvalue weighted by Gasteiger charge is -2.33. The molecule has 0 saturated carbocycles. The average Bonchev–Trinajstić information content (AvgIpc) is 2.31. The van der Waals surface area contributed by atoms with Crippen LogP contribution in [0.3, 0.4) is 0 Å². The summed E-state index contributed by atoms with van der Waals surface area (Å²) in [7, 11) is 1.81. The summed E-state index contributed by atoms with van der Waals surface area (Å²) in [5.74, 6) is 2.30. The fraction of sp³-hybridized carbons (Fsp3) is 1.00. The lowest BCUT2D eigenvalue weighted by molar-refractivity contribution is 0.0936. The summed E-state index contributed by atoms with van der Waals surface area (Å²) in [6, 6.07) is 0. The van der Waals surface area contributed by atoms with E-state index < -0.39 is 0 Å². The van der Waals surface area contributed by atoms with Crippen LogP contribution in [0.1, 0.15) is 33.6 Å². The average molecular weight is 256 g/mol. The number of hydrogen-bond donors (Lipinski definition) is 1. The van der Waals surface area contributed by atoms with E-state index in [-0.39, 0.29) is 0 Å². The van der Waals surface area contributed by atoms with Crippen LogP contribution in [0.2, 0.25) is 0 Å². The minimum atomic E-state index is 0.752. The number of likely N-dealkylation sites (tertiary alicyclic amines) is 1. The molecule has 0 spiro atoms. The minimum Gasteiger partial charge on any atom is -0.384 e. The van der Waals surface area contributed by atoms with Crippen molar-refractivity contribution in [2.24, 2.45) is 17.8 Å². The number of nitrogens with zero attached hydrogens (tertiary/aromatic N) is 1. The van der Waals surface area contributed by atoms with Gasteiger partial charge in [-0.2, -0.15) is 0 Å². The lowest BCUT2D eigenvalue weighted by Crippen LogP contribution is -2.40. The molecule has 0 aromatic carbocycles. The van der Waals surface area contributed by atoms with Gasteiger partial charge >= 0.3 is 0 Å². The van der Waals surface area contributed by atoms with Crippen LogP contribution in [0.25, 0.3) is 0 Å². The molecule has 1 heterocycles. The molecule has 3 heteroatoms. The third kappa shape index (κ3) is 6.72. The Balaban J connectivity index is 2.08. The van der Waals surface area contributed by atoms with Crippen molar-refractivity contribution in [3.63, 3.8) is 0 Å². The van der Waals surface area contributed by atoms with E-state index in [1.807, 2.05) is 7.11 Å². The predicted molar refractivity (Wildman–Crippen MR) is 77.9 cm³/mol.